The van der Waals surface area contributed by atoms with Gasteiger partial charge in [-0.05, 0) is 53.4 Å². The Bertz CT molecular complexity index is 1610. The number of fused-ring (bicyclic) bond motifs is 2. The molecule has 182 valence electrons. The van der Waals surface area contributed by atoms with Crippen LogP contribution < -0.4 is 25.8 Å². The van der Waals surface area contributed by atoms with Gasteiger partial charge >= 0.3 is 0 Å². The number of carbonyl (C=O) groups is 2. The molecule has 1 aliphatic rings. The van der Waals surface area contributed by atoms with Crippen molar-refractivity contribution in [2.24, 2.45) is 0 Å². The van der Waals surface area contributed by atoms with Crippen molar-refractivity contribution in [1.82, 2.24) is 10.6 Å². The molecule has 0 unspecified atom stereocenters. The summed E-state index contributed by atoms with van der Waals surface area (Å²) in [7, 11) is -4.50. The van der Waals surface area contributed by atoms with Gasteiger partial charge in [0.25, 0.3) is 10.1 Å². The first-order chi connectivity index (χ1) is 17.4. The van der Waals surface area contributed by atoms with Crippen LogP contribution in [0.3, 0.4) is 0 Å². The summed E-state index contributed by atoms with van der Waals surface area (Å²) >= 11 is 0. The van der Waals surface area contributed by atoms with Gasteiger partial charge in [-0.1, -0.05) is 36.4 Å². The Morgan fingerprint density at radius 1 is 0.861 bits per heavy atom. The topological polar surface area (TPSA) is 122 Å². The second-order valence-electron chi connectivity index (χ2n) is 7.72. The maximum Gasteiger partial charge on any atom is 0.295 e. The molecule has 9 heteroatoms. The van der Waals surface area contributed by atoms with E-state index < -0.39 is 10.1 Å². The zero-order chi connectivity index (χ0) is 25.5. The molecule has 36 heavy (non-hydrogen) atoms. The van der Waals surface area contributed by atoms with Gasteiger partial charge in [0.15, 0.2) is 0 Å². The van der Waals surface area contributed by atoms with Crippen molar-refractivity contribution in [2.45, 2.75) is 11.4 Å². The summed E-state index contributed by atoms with van der Waals surface area (Å²) in [4.78, 5) is 20.7. The van der Waals surface area contributed by atoms with E-state index in [2.05, 4.69) is 10.6 Å². The molecular weight excluding hydrogens is 480 g/mol. The van der Waals surface area contributed by atoms with Crippen molar-refractivity contribution < 1.29 is 27.3 Å². The van der Waals surface area contributed by atoms with Crippen molar-refractivity contribution in [3.8, 4) is 11.5 Å². The van der Waals surface area contributed by atoms with Crippen LogP contribution in [0.5, 0.6) is 11.5 Å². The molecule has 3 N–H and O–H groups in total. The highest BCUT2D eigenvalue weighted by atomic mass is 32.2. The summed E-state index contributed by atoms with van der Waals surface area (Å²) in [6.07, 6.45) is 8.70. The Hall–Kier alpha value is -4.47. The van der Waals surface area contributed by atoms with Crippen LogP contribution in [0.25, 0.3) is 11.8 Å². The Kier molecular flexibility index (Phi) is 7.43. The first-order valence-corrected chi connectivity index (χ1v) is 12.3. The standard InChI is InChI=1S/C27H22N2O6S/c30-13-3-11-28-17-19-7-9-21-24(15-19)35-25-16-20(18-29-12-4-14-31)8-10-22(25)27(21)23-5-1-2-6-26(23)36(32,33)34/h1-17,28-29H,18H2,(H,32,33,34)/b11-3?,12-4?,19-17+. The lowest BCUT2D eigenvalue weighted by Gasteiger charge is -2.23. The number of carbonyl (C=O) groups excluding carboxylic acids is 2. The molecule has 1 heterocycles. The van der Waals surface area contributed by atoms with E-state index in [0.717, 1.165) is 10.8 Å². The second-order valence-corrected chi connectivity index (χ2v) is 9.11. The largest absolute Gasteiger partial charge is 0.456 e. The fourth-order valence-corrected chi connectivity index (χ4v) is 4.56. The molecule has 0 fully saturated rings. The highest BCUT2D eigenvalue weighted by Gasteiger charge is 2.25. The van der Waals surface area contributed by atoms with E-state index >= 15 is 0 Å². The number of hydrogen-bond donors (Lipinski definition) is 3. The van der Waals surface area contributed by atoms with Gasteiger partial charge in [0.2, 0.25) is 0 Å². The molecule has 3 aromatic rings. The number of nitrogens with one attached hydrogen (secondary N) is 2. The molecule has 3 aromatic carbocycles. The molecule has 4 rings (SSSR count). The molecular formula is C27H22N2O6S. The average molecular weight is 503 g/mol. The van der Waals surface area contributed by atoms with Crippen LogP contribution in [0.15, 0.2) is 90.1 Å². The van der Waals surface area contributed by atoms with Crippen LogP contribution >= 0.6 is 0 Å². The molecule has 0 saturated heterocycles. The molecule has 0 atom stereocenters. The molecule has 0 spiro atoms. The third kappa shape index (κ3) is 5.43. The summed E-state index contributed by atoms with van der Waals surface area (Å²) in [5.41, 5.74) is 2.47. The minimum Gasteiger partial charge on any atom is -0.456 e. The van der Waals surface area contributed by atoms with E-state index in [4.69, 9.17) is 4.74 Å². The normalized spacial score (nSPS) is 13.2. The quantitative estimate of drug-likeness (QED) is 0.181. The van der Waals surface area contributed by atoms with E-state index in [0.29, 0.717) is 52.5 Å². The third-order valence-electron chi connectivity index (χ3n) is 5.36. The van der Waals surface area contributed by atoms with Gasteiger partial charge in [-0.25, -0.2) is 0 Å². The van der Waals surface area contributed by atoms with Crippen molar-refractivity contribution >= 4 is 34.5 Å². The summed E-state index contributed by atoms with van der Waals surface area (Å²) in [5, 5.41) is 7.31. The van der Waals surface area contributed by atoms with Crippen LogP contribution in [0.4, 0.5) is 0 Å². The predicted molar refractivity (Wildman–Crippen MR) is 135 cm³/mol. The minimum absolute atomic E-state index is 0.208. The van der Waals surface area contributed by atoms with Crippen LogP contribution in [0.2, 0.25) is 0 Å². The SMILES string of the molecule is O=CC=CN/C=c1\ccc2c(c1)Oc1cc(CNC=CC=O)ccc1C=2c1ccccc1S(=O)(=O)O. The van der Waals surface area contributed by atoms with Gasteiger partial charge in [0.1, 0.15) is 29.0 Å². The zero-order valence-electron chi connectivity index (χ0n) is 18.9. The Morgan fingerprint density at radius 2 is 1.64 bits per heavy atom. The summed E-state index contributed by atoms with van der Waals surface area (Å²) in [6.45, 7) is 0.436. The van der Waals surface area contributed by atoms with E-state index in [9.17, 15) is 22.6 Å². The van der Waals surface area contributed by atoms with Crippen molar-refractivity contribution in [2.75, 3.05) is 0 Å². The Labute approximate surface area is 207 Å². The fourth-order valence-electron chi connectivity index (χ4n) is 3.86. The summed E-state index contributed by atoms with van der Waals surface area (Å²) in [5.74, 6) is 0.996. The summed E-state index contributed by atoms with van der Waals surface area (Å²) in [6, 6.07) is 17.2. The first-order valence-electron chi connectivity index (χ1n) is 10.8. The first kappa shape index (κ1) is 24.6. The molecule has 0 saturated carbocycles. The maximum atomic E-state index is 12.2. The molecule has 0 radical (unpaired) electrons. The number of hydrogen-bond acceptors (Lipinski definition) is 7. The van der Waals surface area contributed by atoms with Gasteiger partial charge in [-0.15, -0.1) is 0 Å². The highest BCUT2D eigenvalue weighted by Crippen LogP contribution is 2.38. The van der Waals surface area contributed by atoms with E-state index in [-0.39, 0.29) is 4.90 Å². The van der Waals surface area contributed by atoms with Crippen molar-refractivity contribution in [3.05, 3.63) is 112 Å². The van der Waals surface area contributed by atoms with Gasteiger partial charge in [-0.3, -0.25) is 14.1 Å². The molecule has 0 aromatic heterocycles. The molecule has 0 amide bonds. The Balaban J connectivity index is 1.92. The highest BCUT2D eigenvalue weighted by molar-refractivity contribution is 7.86. The minimum atomic E-state index is -4.50. The van der Waals surface area contributed by atoms with E-state index in [1.807, 2.05) is 30.3 Å². The smallest absolute Gasteiger partial charge is 0.295 e. The Morgan fingerprint density at radius 3 is 2.42 bits per heavy atom. The zero-order valence-corrected chi connectivity index (χ0v) is 19.7. The molecule has 1 aliphatic heterocycles. The fraction of sp³-hybridized carbons (Fsp3) is 0.0370. The average Bonchev–Trinajstić information content (AvgIpc) is 2.87. The van der Waals surface area contributed by atoms with Gasteiger partial charge in [0.05, 0.1) is 0 Å². The number of rotatable bonds is 9. The number of ether oxygens (including phenoxy) is 1. The van der Waals surface area contributed by atoms with E-state index in [1.54, 1.807) is 30.5 Å². The molecule has 0 aliphatic carbocycles. The lowest BCUT2D eigenvalue weighted by atomic mass is 9.92. The molecule has 0 bridgehead atoms. The lowest BCUT2D eigenvalue weighted by Crippen LogP contribution is -2.21. The predicted octanol–water partition coefficient (Wildman–Crippen LogP) is 2.13. The monoisotopic (exact) mass is 502 g/mol. The maximum absolute atomic E-state index is 12.2. The second kappa shape index (κ2) is 10.9. The van der Waals surface area contributed by atoms with Crippen LogP contribution in [0.1, 0.15) is 16.7 Å². The van der Waals surface area contributed by atoms with Gasteiger partial charge in [-0.2, -0.15) is 8.42 Å². The number of benzene rings is 3. The summed E-state index contributed by atoms with van der Waals surface area (Å²) < 4.78 is 40.5. The number of allylic oxidation sites excluding steroid dienone is 2. The van der Waals surface area contributed by atoms with Crippen LogP contribution in [0, 0.1) is 0 Å². The van der Waals surface area contributed by atoms with Gasteiger partial charge < -0.3 is 15.4 Å². The lowest BCUT2D eigenvalue weighted by molar-refractivity contribution is -0.104. The third-order valence-corrected chi connectivity index (χ3v) is 6.28. The van der Waals surface area contributed by atoms with Crippen molar-refractivity contribution in [3.63, 3.8) is 0 Å². The van der Waals surface area contributed by atoms with Crippen molar-refractivity contribution in [1.29, 1.82) is 0 Å². The van der Waals surface area contributed by atoms with Crippen LogP contribution in [-0.4, -0.2) is 25.5 Å². The van der Waals surface area contributed by atoms with Crippen LogP contribution in [-0.2, 0) is 26.3 Å². The molecule has 8 nitrogen and oxygen atoms in total. The van der Waals surface area contributed by atoms with E-state index in [1.165, 1.54) is 30.6 Å². The van der Waals surface area contributed by atoms with Gasteiger partial charge in [0, 0.05) is 40.9 Å². The number of aldehydes is 2.